The van der Waals surface area contributed by atoms with E-state index < -0.39 is 25.9 Å². The summed E-state index contributed by atoms with van der Waals surface area (Å²) >= 11 is 0. The van der Waals surface area contributed by atoms with E-state index in [9.17, 15) is 0 Å². The lowest BCUT2D eigenvalue weighted by Gasteiger charge is -2.37. The lowest BCUT2D eigenvalue weighted by molar-refractivity contribution is 0.444. The molecule has 0 fully saturated rings. The number of rotatable bonds is 10. The van der Waals surface area contributed by atoms with Crippen molar-refractivity contribution in [1.29, 1.82) is 0 Å². The highest BCUT2D eigenvalue weighted by molar-refractivity contribution is 7.07. The number of hydrogen-bond acceptors (Lipinski definition) is 2. The molecule has 0 heterocycles. The maximum atomic E-state index is 7.37. The highest BCUT2D eigenvalue weighted by Crippen LogP contribution is 2.23. The summed E-state index contributed by atoms with van der Waals surface area (Å²) in [6.07, 6.45) is 0. The molecule has 2 atom stereocenters. The number of hydrogen-bond donors (Lipinski definition) is 0. The van der Waals surface area contributed by atoms with Gasteiger partial charge in [0.2, 0.25) is 0 Å². The van der Waals surface area contributed by atoms with Crippen molar-refractivity contribution in [3.63, 3.8) is 0 Å². The van der Waals surface area contributed by atoms with E-state index in [4.69, 9.17) is 8.23 Å². The summed E-state index contributed by atoms with van der Waals surface area (Å²) in [7, 11) is -7.76. The van der Waals surface area contributed by atoms with Gasteiger partial charge in [0.1, 0.15) is 0 Å². The van der Waals surface area contributed by atoms with Crippen LogP contribution in [0, 0.1) is 0 Å². The smallest absolute Gasteiger partial charge is 0.360 e. The molecule has 0 aliphatic carbocycles. The molecule has 0 aliphatic heterocycles. The van der Waals surface area contributed by atoms with Crippen LogP contribution >= 0.6 is 0 Å². The van der Waals surface area contributed by atoms with Crippen LogP contribution in [0.1, 0.15) is 0 Å². The monoisotopic (exact) mass is 593 g/mol. The molecule has 0 amide bonds. The van der Waals surface area contributed by atoms with Gasteiger partial charge in [-0.3, -0.25) is 0 Å². The summed E-state index contributed by atoms with van der Waals surface area (Å²) in [6, 6.07) is 51.2. The topological polar surface area (TPSA) is 18.5 Å². The van der Waals surface area contributed by atoms with Gasteiger partial charge in [0, 0.05) is 0 Å². The predicted molar refractivity (Wildman–Crippen MR) is 185 cm³/mol. The molecule has 6 rings (SSSR count). The second-order valence-corrected chi connectivity index (χ2v) is 19.0. The first kappa shape index (κ1) is 28.0. The van der Waals surface area contributed by atoms with Crippen LogP contribution in [0.25, 0.3) is 21.5 Å². The molecule has 42 heavy (non-hydrogen) atoms. The average Bonchev–Trinajstić information content (AvgIpc) is 3.06. The van der Waals surface area contributed by atoms with Gasteiger partial charge >= 0.3 is 9.28 Å². The zero-order valence-electron chi connectivity index (χ0n) is 23.7. The number of benzene rings is 6. The van der Waals surface area contributed by atoms with Crippen molar-refractivity contribution in [2.45, 2.75) is 6.55 Å². The van der Waals surface area contributed by atoms with E-state index in [1.807, 2.05) is 0 Å². The van der Waals surface area contributed by atoms with Crippen LogP contribution in [0.15, 0.2) is 170 Å². The Morgan fingerprint density at radius 3 is 1.24 bits per heavy atom. The standard InChI is InChI=1S/C37H33O2Si3/c1-4-41(32-22-8-6-9-23-32,36-28-16-20-30-18-12-14-26-34(30)36)38-40(3)39-42(5-2,33-24-10-7-11-25-33)37-29-17-21-31-19-13-15-27-35(31)37/h4-29H,1-2H2,3H3/t41-,42-/m0/s1. The van der Waals surface area contributed by atoms with Gasteiger partial charge in [-0.15, -0.1) is 13.2 Å². The van der Waals surface area contributed by atoms with Crippen molar-refractivity contribution in [3.05, 3.63) is 170 Å². The molecular weight excluding hydrogens is 561 g/mol. The van der Waals surface area contributed by atoms with E-state index in [0.717, 1.165) is 10.4 Å². The molecule has 2 nitrogen and oxygen atoms in total. The van der Waals surface area contributed by atoms with Gasteiger partial charge in [0.15, 0.2) is 0 Å². The summed E-state index contributed by atoms with van der Waals surface area (Å²) in [5.74, 6) is 0. The third-order valence-corrected chi connectivity index (χ3v) is 18.8. The normalized spacial score (nSPS) is 14.3. The van der Waals surface area contributed by atoms with Crippen molar-refractivity contribution in [2.24, 2.45) is 0 Å². The molecule has 0 bridgehead atoms. The van der Waals surface area contributed by atoms with E-state index in [0.29, 0.717) is 0 Å². The van der Waals surface area contributed by atoms with Crippen LogP contribution in [0.4, 0.5) is 0 Å². The summed E-state index contributed by atoms with van der Waals surface area (Å²) in [4.78, 5) is 0. The molecule has 6 aromatic carbocycles. The fraction of sp³-hybridized carbons (Fsp3) is 0.0270. The van der Waals surface area contributed by atoms with E-state index in [2.05, 4.69) is 177 Å². The fourth-order valence-corrected chi connectivity index (χ4v) is 17.5. The largest absolute Gasteiger partial charge is 0.425 e. The molecule has 0 aliphatic rings. The quantitative estimate of drug-likeness (QED) is 0.171. The lowest BCUT2D eigenvalue weighted by Crippen LogP contribution is -2.66. The minimum absolute atomic E-state index is 1.15. The van der Waals surface area contributed by atoms with Gasteiger partial charge in [0.25, 0.3) is 16.6 Å². The summed E-state index contributed by atoms with van der Waals surface area (Å²) in [6.45, 7) is 10.9. The Hall–Kier alpha value is -4.11. The zero-order valence-corrected chi connectivity index (χ0v) is 26.7. The van der Waals surface area contributed by atoms with Crippen molar-refractivity contribution in [3.8, 4) is 0 Å². The molecule has 0 saturated carbocycles. The Labute approximate surface area is 252 Å². The SMILES string of the molecule is C=C[Si@](O[Si](C)O[Si@@](C=C)(c1ccccc1)c1cccc2ccccc12)(c1ccccc1)c1cccc2ccccc12. The molecule has 5 heteroatoms. The van der Waals surface area contributed by atoms with Gasteiger partial charge in [0.05, 0.1) is 0 Å². The van der Waals surface area contributed by atoms with Crippen LogP contribution in [-0.4, -0.2) is 25.9 Å². The molecular formula is C37H33O2Si3. The van der Waals surface area contributed by atoms with E-state index >= 15 is 0 Å². The maximum Gasteiger partial charge on any atom is 0.360 e. The van der Waals surface area contributed by atoms with Crippen molar-refractivity contribution in [2.75, 3.05) is 0 Å². The predicted octanol–water partition coefficient (Wildman–Crippen LogP) is 6.41. The van der Waals surface area contributed by atoms with Gasteiger partial charge in [-0.05, 0) is 48.8 Å². The molecule has 0 spiro atoms. The Morgan fingerprint density at radius 1 is 0.476 bits per heavy atom. The average molecular weight is 594 g/mol. The Kier molecular flexibility index (Phi) is 8.02. The fourth-order valence-electron chi connectivity index (χ4n) is 6.02. The highest BCUT2D eigenvalue weighted by Gasteiger charge is 2.45. The first-order valence-corrected chi connectivity index (χ1v) is 20.0. The van der Waals surface area contributed by atoms with Crippen molar-refractivity contribution >= 4 is 68.2 Å². The maximum absolute atomic E-state index is 7.37. The first-order valence-electron chi connectivity index (χ1n) is 14.2. The zero-order chi connectivity index (χ0) is 29.0. The lowest BCUT2D eigenvalue weighted by atomic mass is 10.1. The minimum Gasteiger partial charge on any atom is -0.425 e. The second-order valence-electron chi connectivity index (χ2n) is 10.4. The van der Waals surface area contributed by atoms with E-state index in [1.54, 1.807) is 0 Å². The van der Waals surface area contributed by atoms with Crippen molar-refractivity contribution < 1.29 is 8.23 Å². The summed E-state index contributed by atoms with van der Waals surface area (Å²) in [5, 5.41) is 9.43. The van der Waals surface area contributed by atoms with Crippen LogP contribution in [0.2, 0.25) is 6.55 Å². The van der Waals surface area contributed by atoms with Gasteiger partial charge < -0.3 is 8.23 Å². The third-order valence-electron chi connectivity index (χ3n) is 7.97. The molecule has 0 unspecified atom stereocenters. The number of fused-ring (bicyclic) bond motifs is 2. The minimum atomic E-state index is -2.95. The molecule has 0 aromatic heterocycles. The molecule has 0 N–H and O–H groups in total. The van der Waals surface area contributed by atoms with Crippen LogP contribution in [0.3, 0.4) is 0 Å². The van der Waals surface area contributed by atoms with Gasteiger partial charge in [-0.1, -0.05) is 157 Å². The Morgan fingerprint density at radius 2 is 0.833 bits per heavy atom. The molecule has 205 valence electrons. The van der Waals surface area contributed by atoms with Crippen LogP contribution in [-0.2, 0) is 8.23 Å². The second kappa shape index (κ2) is 12.0. The summed E-state index contributed by atoms with van der Waals surface area (Å²) in [5.41, 5.74) is 4.14. The third kappa shape index (κ3) is 4.96. The van der Waals surface area contributed by atoms with Gasteiger partial charge in [-0.2, -0.15) is 0 Å². The molecule has 0 saturated heterocycles. The van der Waals surface area contributed by atoms with Crippen molar-refractivity contribution in [1.82, 2.24) is 0 Å². The Balaban J connectivity index is 1.51. The Bertz CT molecular complexity index is 1710. The molecule has 1 radical (unpaired) electrons. The highest BCUT2D eigenvalue weighted by atomic mass is 28.4. The van der Waals surface area contributed by atoms with Crippen LogP contribution < -0.4 is 20.7 Å². The summed E-state index contributed by atoms with van der Waals surface area (Å²) < 4.78 is 14.7. The van der Waals surface area contributed by atoms with E-state index in [1.165, 1.54) is 31.9 Å². The first-order chi connectivity index (χ1) is 20.6. The van der Waals surface area contributed by atoms with Crippen LogP contribution in [0.5, 0.6) is 0 Å². The van der Waals surface area contributed by atoms with E-state index in [-0.39, 0.29) is 0 Å². The molecule has 6 aromatic rings. The van der Waals surface area contributed by atoms with Gasteiger partial charge in [-0.25, -0.2) is 0 Å².